The van der Waals surface area contributed by atoms with E-state index in [0.717, 1.165) is 11.8 Å². The summed E-state index contributed by atoms with van der Waals surface area (Å²) in [5.74, 6) is 0. The minimum Gasteiger partial charge on any atom is -0.377 e. The average molecular weight is 359 g/mol. The monoisotopic (exact) mass is 358 g/mol. The molecule has 0 saturated heterocycles. The summed E-state index contributed by atoms with van der Waals surface area (Å²) in [7, 11) is 0. The number of rotatable bonds is 3. The normalized spacial score (nSPS) is 13.0. The van der Waals surface area contributed by atoms with E-state index in [1.165, 1.54) is 12.1 Å². The summed E-state index contributed by atoms with van der Waals surface area (Å²) in [6.45, 7) is 3.50. The van der Waals surface area contributed by atoms with Gasteiger partial charge in [-0.15, -0.1) is 0 Å². The lowest BCUT2D eigenvalue weighted by atomic mass is 10.0. The second-order valence-electron chi connectivity index (χ2n) is 4.72. The van der Waals surface area contributed by atoms with Crippen molar-refractivity contribution in [3.63, 3.8) is 0 Å². The van der Waals surface area contributed by atoms with Gasteiger partial charge in [0, 0.05) is 6.04 Å². The molecule has 0 aliphatic carbocycles. The molecule has 1 N–H and O–H groups in total. The highest BCUT2D eigenvalue weighted by Gasteiger charge is 2.34. The minimum atomic E-state index is -4.36. The van der Waals surface area contributed by atoms with Gasteiger partial charge in [0.15, 0.2) is 0 Å². The van der Waals surface area contributed by atoms with E-state index in [0.29, 0.717) is 10.3 Å². The third-order valence-electron chi connectivity index (χ3n) is 3.16. The summed E-state index contributed by atoms with van der Waals surface area (Å²) in [5.41, 5.74) is 1.03. The molecule has 1 heterocycles. The van der Waals surface area contributed by atoms with Crippen LogP contribution < -0.4 is 5.32 Å². The van der Waals surface area contributed by atoms with Crippen LogP contribution in [-0.2, 0) is 6.18 Å². The first-order valence-electron chi connectivity index (χ1n) is 6.35. The van der Waals surface area contributed by atoms with Crippen molar-refractivity contribution >= 4 is 21.6 Å². The number of benzene rings is 1. The molecule has 21 heavy (non-hydrogen) atoms. The van der Waals surface area contributed by atoms with Crippen LogP contribution in [0.25, 0.3) is 0 Å². The molecule has 0 spiro atoms. The molecule has 0 amide bonds. The number of alkyl halides is 3. The van der Waals surface area contributed by atoms with E-state index < -0.39 is 17.8 Å². The van der Waals surface area contributed by atoms with Gasteiger partial charge in [-0.3, -0.25) is 0 Å². The summed E-state index contributed by atoms with van der Waals surface area (Å²) in [5, 5.41) is 3.08. The predicted molar refractivity (Wildman–Crippen MR) is 80.2 cm³/mol. The second kappa shape index (κ2) is 6.05. The van der Waals surface area contributed by atoms with Crippen molar-refractivity contribution in [3.05, 3.63) is 57.8 Å². The zero-order chi connectivity index (χ0) is 15.6. The van der Waals surface area contributed by atoms with Gasteiger partial charge in [-0.1, -0.05) is 18.2 Å². The molecule has 112 valence electrons. The number of aromatic nitrogens is 1. The number of pyridine rings is 1. The topological polar surface area (TPSA) is 24.9 Å². The number of aryl methyl sites for hydroxylation is 1. The molecule has 0 bridgehead atoms. The van der Waals surface area contributed by atoms with Crippen LogP contribution in [0, 0.1) is 6.92 Å². The van der Waals surface area contributed by atoms with Crippen molar-refractivity contribution in [2.45, 2.75) is 26.1 Å². The van der Waals surface area contributed by atoms with Gasteiger partial charge in [-0.25, -0.2) is 4.98 Å². The fraction of sp³-hybridized carbons (Fsp3) is 0.267. The Labute approximate surface area is 129 Å². The van der Waals surface area contributed by atoms with E-state index in [1.807, 2.05) is 0 Å². The van der Waals surface area contributed by atoms with Crippen LogP contribution in [0.2, 0.25) is 0 Å². The van der Waals surface area contributed by atoms with Crippen molar-refractivity contribution in [2.75, 3.05) is 5.32 Å². The molecule has 0 fully saturated rings. The number of anilines is 1. The largest absolute Gasteiger partial charge is 0.416 e. The Bertz CT molecular complexity index is 641. The first kappa shape index (κ1) is 15.8. The maximum absolute atomic E-state index is 13.0. The van der Waals surface area contributed by atoms with Crippen LogP contribution in [0.5, 0.6) is 0 Å². The van der Waals surface area contributed by atoms with Crippen molar-refractivity contribution in [1.29, 1.82) is 0 Å². The Morgan fingerprint density at radius 2 is 1.81 bits per heavy atom. The maximum Gasteiger partial charge on any atom is 0.416 e. The van der Waals surface area contributed by atoms with E-state index in [2.05, 4.69) is 26.2 Å². The molecular weight excluding hydrogens is 345 g/mol. The molecule has 1 aromatic carbocycles. The lowest BCUT2D eigenvalue weighted by Crippen LogP contribution is -2.15. The molecular formula is C15H14BrF3N2. The van der Waals surface area contributed by atoms with Crippen molar-refractivity contribution in [3.8, 4) is 0 Å². The smallest absolute Gasteiger partial charge is 0.377 e. The molecule has 2 rings (SSSR count). The van der Waals surface area contributed by atoms with Gasteiger partial charge < -0.3 is 5.32 Å². The first-order valence-corrected chi connectivity index (χ1v) is 7.14. The Morgan fingerprint density at radius 1 is 1.14 bits per heavy atom. The number of halogens is 4. The molecule has 1 aromatic heterocycles. The van der Waals surface area contributed by atoms with E-state index in [1.54, 1.807) is 32.0 Å². The van der Waals surface area contributed by atoms with Crippen LogP contribution in [0.4, 0.5) is 18.9 Å². The van der Waals surface area contributed by atoms with Gasteiger partial charge in [-0.2, -0.15) is 13.2 Å². The van der Waals surface area contributed by atoms with Crippen LogP contribution in [0.15, 0.2) is 41.0 Å². The summed E-state index contributed by atoms with van der Waals surface area (Å²) in [6, 6.07) is 8.64. The van der Waals surface area contributed by atoms with E-state index in [-0.39, 0.29) is 5.56 Å². The molecule has 0 radical (unpaired) electrons. The van der Waals surface area contributed by atoms with Gasteiger partial charge in [0.25, 0.3) is 0 Å². The van der Waals surface area contributed by atoms with Crippen LogP contribution in [-0.4, -0.2) is 4.98 Å². The average Bonchev–Trinajstić information content (AvgIpc) is 2.41. The SMILES string of the molecule is Cc1nc(Br)ccc1NC(C)c1ccccc1C(F)(F)F. The fourth-order valence-corrected chi connectivity index (χ4v) is 2.52. The number of nitrogens with one attached hydrogen (secondary N) is 1. The summed E-state index contributed by atoms with van der Waals surface area (Å²) >= 11 is 3.26. The zero-order valence-electron chi connectivity index (χ0n) is 11.5. The molecule has 0 aliphatic heterocycles. The van der Waals surface area contributed by atoms with E-state index in [9.17, 15) is 13.2 Å². The van der Waals surface area contributed by atoms with Crippen LogP contribution in [0.1, 0.15) is 29.8 Å². The van der Waals surface area contributed by atoms with Gasteiger partial charge >= 0.3 is 6.18 Å². The van der Waals surface area contributed by atoms with Crippen LogP contribution >= 0.6 is 15.9 Å². The Balaban J connectivity index is 2.31. The zero-order valence-corrected chi connectivity index (χ0v) is 13.1. The minimum absolute atomic E-state index is 0.215. The number of hydrogen-bond acceptors (Lipinski definition) is 2. The third-order valence-corrected chi connectivity index (χ3v) is 3.60. The van der Waals surface area contributed by atoms with Gasteiger partial charge in [0.2, 0.25) is 0 Å². The number of hydrogen-bond donors (Lipinski definition) is 1. The summed E-state index contributed by atoms with van der Waals surface area (Å²) < 4.78 is 39.8. The van der Waals surface area contributed by atoms with Crippen LogP contribution in [0.3, 0.4) is 0 Å². The molecule has 0 aliphatic rings. The van der Waals surface area contributed by atoms with E-state index >= 15 is 0 Å². The highest BCUT2D eigenvalue weighted by molar-refractivity contribution is 9.10. The summed E-state index contributed by atoms with van der Waals surface area (Å²) in [6.07, 6.45) is -4.36. The molecule has 2 aromatic rings. The first-order chi connectivity index (χ1) is 9.79. The quantitative estimate of drug-likeness (QED) is 0.748. The Kier molecular flexibility index (Phi) is 4.56. The molecule has 6 heteroatoms. The predicted octanol–water partition coefficient (Wildman–Crippen LogP) is 5.34. The standard InChI is InChI=1S/C15H14BrF3N2/c1-9(20-13-7-8-14(16)21-10(13)2)11-5-3-4-6-12(11)15(17,18)19/h3-9,20H,1-2H3. The molecule has 0 saturated carbocycles. The Morgan fingerprint density at radius 3 is 2.43 bits per heavy atom. The second-order valence-corrected chi connectivity index (χ2v) is 5.53. The highest BCUT2D eigenvalue weighted by Crippen LogP contribution is 2.35. The fourth-order valence-electron chi connectivity index (χ4n) is 2.13. The van der Waals surface area contributed by atoms with Gasteiger partial charge in [-0.05, 0) is 53.5 Å². The van der Waals surface area contributed by atoms with Crippen molar-refractivity contribution < 1.29 is 13.2 Å². The highest BCUT2D eigenvalue weighted by atomic mass is 79.9. The number of nitrogens with zero attached hydrogens (tertiary/aromatic N) is 1. The lowest BCUT2D eigenvalue weighted by Gasteiger charge is -2.21. The molecule has 1 atom stereocenters. The van der Waals surface area contributed by atoms with Gasteiger partial charge in [0.1, 0.15) is 4.60 Å². The third kappa shape index (κ3) is 3.75. The lowest BCUT2D eigenvalue weighted by molar-refractivity contribution is -0.138. The Hall–Kier alpha value is -1.56. The molecule has 2 nitrogen and oxygen atoms in total. The maximum atomic E-state index is 13.0. The van der Waals surface area contributed by atoms with Gasteiger partial charge in [0.05, 0.1) is 16.9 Å². The van der Waals surface area contributed by atoms with Crippen molar-refractivity contribution in [1.82, 2.24) is 4.98 Å². The van der Waals surface area contributed by atoms with E-state index in [4.69, 9.17) is 0 Å². The van der Waals surface area contributed by atoms with Crippen molar-refractivity contribution in [2.24, 2.45) is 0 Å². The molecule has 1 unspecified atom stereocenters. The summed E-state index contributed by atoms with van der Waals surface area (Å²) in [4.78, 5) is 4.22.